The summed E-state index contributed by atoms with van der Waals surface area (Å²) >= 11 is 12.6. The van der Waals surface area contributed by atoms with Gasteiger partial charge in [0, 0.05) is 51.4 Å². The van der Waals surface area contributed by atoms with Crippen LogP contribution >= 0.6 is 23.2 Å². The molecule has 0 saturated carbocycles. The summed E-state index contributed by atoms with van der Waals surface area (Å²) < 4.78 is 5.95. The molecule has 218 valence electrons. The number of ether oxygens (including phenoxy) is 1. The van der Waals surface area contributed by atoms with Gasteiger partial charge >= 0.3 is 0 Å². The van der Waals surface area contributed by atoms with Crippen molar-refractivity contribution in [1.29, 1.82) is 0 Å². The van der Waals surface area contributed by atoms with Crippen LogP contribution in [0.3, 0.4) is 0 Å². The molecule has 4 rings (SSSR count). The SMILES string of the molecule is CC1(C)CC(NC[C@H](Cc2ccc(OCc3c(Cl)cccc3Cl)cc2)NC(=O)/C=C/c2ccccc2)CC(C)(C)N1. The van der Waals surface area contributed by atoms with Gasteiger partial charge < -0.3 is 20.7 Å². The highest BCUT2D eigenvalue weighted by Crippen LogP contribution is 2.29. The number of amides is 1. The van der Waals surface area contributed by atoms with E-state index in [-0.39, 0.29) is 29.6 Å². The minimum atomic E-state index is -0.108. The molecule has 1 aliphatic rings. The van der Waals surface area contributed by atoms with Gasteiger partial charge in [0.1, 0.15) is 12.4 Å². The van der Waals surface area contributed by atoms with Crippen molar-refractivity contribution >= 4 is 35.2 Å². The molecule has 1 heterocycles. The van der Waals surface area contributed by atoms with Crippen LogP contribution < -0.4 is 20.7 Å². The minimum absolute atomic E-state index is 0.0423. The molecule has 1 saturated heterocycles. The Bertz CT molecular complexity index is 1290. The average Bonchev–Trinajstić information content (AvgIpc) is 2.90. The maximum absolute atomic E-state index is 12.9. The zero-order valence-corrected chi connectivity index (χ0v) is 25.9. The third-order valence-electron chi connectivity index (χ3n) is 7.27. The van der Waals surface area contributed by atoms with E-state index in [9.17, 15) is 4.79 Å². The molecule has 0 bridgehead atoms. The lowest BCUT2D eigenvalue weighted by molar-refractivity contribution is -0.117. The lowest BCUT2D eigenvalue weighted by Gasteiger charge is -2.47. The molecule has 0 aliphatic carbocycles. The molecule has 0 spiro atoms. The molecule has 41 heavy (non-hydrogen) atoms. The van der Waals surface area contributed by atoms with Crippen LogP contribution in [-0.2, 0) is 17.8 Å². The molecule has 1 aliphatic heterocycles. The van der Waals surface area contributed by atoms with Gasteiger partial charge in [-0.2, -0.15) is 0 Å². The molecule has 1 amide bonds. The van der Waals surface area contributed by atoms with Crippen molar-refractivity contribution < 1.29 is 9.53 Å². The van der Waals surface area contributed by atoms with E-state index in [0.717, 1.165) is 35.3 Å². The number of carbonyl (C=O) groups excluding carboxylic acids is 1. The fourth-order valence-corrected chi connectivity index (χ4v) is 6.27. The van der Waals surface area contributed by atoms with Crippen molar-refractivity contribution in [2.24, 2.45) is 0 Å². The number of hydrogen-bond donors (Lipinski definition) is 3. The van der Waals surface area contributed by atoms with Crippen LogP contribution in [-0.4, -0.2) is 35.6 Å². The van der Waals surface area contributed by atoms with Gasteiger partial charge in [0.2, 0.25) is 5.91 Å². The van der Waals surface area contributed by atoms with Gasteiger partial charge in [-0.25, -0.2) is 0 Å². The van der Waals surface area contributed by atoms with Gasteiger partial charge in [-0.05, 0) is 88.4 Å². The van der Waals surface area contributed by atoms with Crippen LogP contribution in [0.5, 0.6) is 5.75 Å². The highest BCUT2D eigenvalue weighted by atomic mass is 35.5. The maximum atomic E-state index is 12.9. The number of benzene rings is 3. The summed E-state index contributed by atoms with van der Waals surface area (Å²) in [6, 6.07) is 23.5. The second kappa shape index (κ2) is 13.9. The zero-order chi connectivity index (χ0) is 29.5. The van der Waals surface area contributed by atoms with Crippen molar-refractivity contribution in [3.63, 3.8) is 0 Å². The highest BCUT2D eigenvalue weighted by Gasteiger charge is 2.37. The first-order chi connectivity index (χ1) is 19.5. The standard InChI is InChI=1S/C34H41Cl2N3O2/c1-33(2)20-27(21-34(3,4)39-33)37-22-26(38-32(40)18-15-24-9-6-5-7-10-24)19-25-13-16-28(17-14-25)41-23-29-30(35)11-8-12-31(29)36/h5-18,26-27,37,39H,19-23H2,1-4H3,(H,38,40)/b18-15+/t26-/m0/s1. The Kier molecular flexibility index (Phi) is 10.5. The van der Waals surface area contributed by atoms with Crippen LogP contribution in [0, 0.1) is 0 Å². The zero-order valence-electron chi connectivity index (χ0n) is 24.3. The molecule has 3 aromatic rings. The third-order valence-corrected chi connectivity index (χ3v) is 7.97. The number of nitrogens with one attached hydrogen (secondary N) is 3. The summed E-state index contributed by atoms with van der Waals surface area (Å²) in [6.45, 7) is 9.96. The fraction of sp³-hybridized carbons (Fsp3) is 0.382. The molecular weight excluding hydrogens is 553 g/mol. The van der Waals surface area contributed by atoms with Crippen molar-refractivity contribution in [3.05, 3.63) is 106 Å². The van der Waals surface area contributed by atoms with E-state index in [2.05, 4.69) is 43.6 Å². The van der Waals surface area contributed by atoms with Crippen LogP contribution in [0.4, 0.5) is 0 Å². The number of piperidine rings is 1. The van der Waals surface area contributed by atoms with Crippen LogP contribution in [0.25, 0.3) is 6.08 Å². The Morgan fingerprint density at radius 1 is 0.951 bits per heavy atom. The number of hydrogen-bond acceptors (Lipinski definition) is 4. The summed E-state index contributed by atoms with van der Waals surface area (Å²) in [5.74, 6) is 0.622. The maximum Gasteiger partial charge on any atom is 0.244 e. The van der Waals surface area contributed by atoms with E-state index < -0.39 is 0 Å². The first-order valence-corrected chi connectivity index (χ1v) is 14.9. The van der Waals surface area contributed by atoms with E-state index in [4.69, 9.17) is 27.9 Å². The Labute approximate surface area is 254 Å². The summed E-state index contributed by atoms with van der Waals surface area (Å²) in [5, 5.41) is 11.9. The average molecular weight is 595 g/mol. The highest BCUT2D eigenvalue weighted by molar-refractivity contribution is 6.35. The van der Waals surface area contributed by atoms with Crippen LogP contribution in [0.1, 0.15) is 57.2 Å². The van der Waals surface area contributed by atoms with E-state index >= 15 is 0 Å². The Hall–Kier alpha value is -2.83. The van der Waals surface area contributed by atoms with Crippen molar-refractivity contribution in [2.45, 2.75) is 76.7 Å². The Morgan fingerprint density at radius 3 is 2.22 bits per heavy atom. The predicted octanol–water partition coefficient (Wildman–Crippen LogP) is 7.21. The predicted molar refractivity (Wildman–Crippen MR) is 171 cm³/mol. The topological polar surface area (TPSA) is 62.4 Å². The summed E-state index contributed by atoms with van der Waals surface area (Å²) in [6.07, 6.45) is 6.18. The second-order valence-corrected chi connectivity index (χ2v) is 13.0. The lowest BCUT2D eigenvalue weighted by atomic mass is 9.79. The first kappa shape index (κ1) is 31.1. The van der Waals surface area contributed by atoms with Gasteiger partial charge in [-0.1, -0.05) is 71.7 Å². The third kappa shape index (κ3) is 9.89. The van der Waals surface area contributed by atoms with Crippen molar-refractivity contribution in [3.8, 4) is 5.75 Å². The van der Waals surface area contributed by atoms with Gasteiger partial charge in [-0.15, -0.1) is 0 Å². The molecule has 1 fully saturated rings. The van der Waals surface area contributed by atoms with E-state index in [1.54, 1.807) is 18.2 Å². The quantitative estimate of drug-likeness (QED) is 0.205. The molecule has 0 aromatic heterocycles. The summed E-state index contributed by atoms with van der Waals surface area (Å²) in [7, 11) is 0. The number of rotatable bonds is 11. The normalized spacial score (nSPS) is 17.3. The molecule has 1 atom stereocenters. The van der Waals surface area contributed by atoms with Gasteiger partial charge in [-0.3, -0.25) is 4.79 Å². The van der Waals surface area contributed by atoms with Crippen molar-refractivity contribution in [1.82, 2.24) is 16.0 Å². The Balaban J connectivity index is 1.41. The van der Waals surface area contributed by atoms with Gasteiger partial charge in [0.05, 0.1) is 0 Å². The summed E-state index contributed by atoms with van der Waals surface area (Å²) in [4.78, 5) is 12.9. The minimum Gasteiger partial charge on any atom is -0.489 e. The van der Waals surface area contributed by atoms with Gasteiger partial charge in [0.25, 0.3) is 0 Å². The molecule has 5 nitrogen and oxygen atoms in total. The Morgan fingerprint density at radius 2 is 1.59 bits per heavy atom. The first-order valence-electron chi connectivity index (χ1n) is 14.2. The van der Waals surface area contributed by atoms with E-state index in [1.807, 2.05) is 66.7 Å². The molecule has 0 radical (unpaired) electrons. The largest absolute Gasteiger partial charge is 0.489 e. The molecule has 3 N–H and O–H groups in total. The smallest absolute Gasteiger partial charge is 0.244 e. The van der Waals surface area contributed by atoms with Gasteiger partial charge in [0.15, 0.2) is 0 Å². The molecule has 0 unspecified atom stereocenters. The van der Waals surface area contributed by atoms with Crippen LogP contribution in [0.15, 0.2) is 78.9 Å². The number of carbonyl (C=O) groups is 1. The lowest BCUT2D eigenvalue weighted by Crippen LogP contribution is -2.62. The molecular formula is C34H41Cl2N3O2. The molecule has 3 aromatic carbocycles. The van der Waals surface area contributed by atoms with Crippen LogP contribution in [0.2, 0.25) is 10.0 Å². The van der Waals surface area contributed by atoms with E-state index in [0.29, 0.717) is 29.1 Å². The monoisotopic (exact) mass is 593 g/mol. The van der Waals surface area contributed by atoms with E-state index in [1.165, 1.54) is 0 Å². The van der Waals surface area contributed by atoms with Crippen molar-refractivity contribution in [2.75, 3.05) is 6.54 Å². The second-order valence-electron chi connectivity index (χ2n) is 12.2. The summed E-state index contributed by atoms with van der Waals surface area (Å²) in [5.41, 5.74) is 2.95. The number of halogens is 2. The molecule has 7 heteroatoms. The fourth-order valence-electron chi connectivity index (χ4n) is 5.77.